The zero-order chi connectivity index (χ0) is 23.0. The molecule has 0 spiro atoms. The maximum absolute atomic E-state index is 10.7. The van der Waals surface area contributed by atoms with E-state index in [-0.39, 0.29) is 11.3 Å². The molecule has 4 rings (SSSR count). The molecule has 7 nitrogen and oxygen atoms in total. The van der Waals surface area contributed by atoms with Gasteiger partial charge in [0, 0.05) is 60.3 Å². The fraction of sp³-hybridized carbons (Fsp3) is 0.400. The van der Waals surface area contributed by atoms with Gasteiger partial charge in [-0.3, -0.25) is 4.99 Å². The van der Waals surface area contributed by atoms with Crippen LogP contribution >= 0.6 is 0 Å². The van der Waals surface area contributed by atoms with Crippen molar-refractivity contribution in [3.8, 4) is 17.0 Å². The molecule has 3 heterocycles. The summed E-state index contributed by atoms with van der Waals surface area (Å²) in [7, 11) is 1.70. The van der Waals surface area contributed by atoms with Gasteiger partial charge in [-0.15, -0.1) is 0 Å². The third-order valence-corrected chi connectivity index (χ3v) is 5.85. The number of anilines is 2. The fourth-order valence-corrected chi connectivity index (χ4v) is 4.31. The molecule has 0 saturated carbocycles. The number of fused-ring (bicyclic) bond motifs is 1. The van der Waals surface area contributed by atoms with Gasteiger partial charge in [-0.2, -0.15) is 0 Å². The summed E-state index contributed by atoms with van der Waals surface area (Å²) in [6.07, 6.45) is 2.80. The van der Waals surface area contributed by atoms with E-state index < -0.39 is 0 Å². The van der Waals surface area contributed by atoms with Gasteiger partial charge in [0.25, 0.3) is 0 Å². The lowest BCUT2D eigenvalue weighted by Gasteiger charge is -2.26. The van der Waals surface area contributed by atoms with Crippen LogP contribution in [0, 0.1) is 6.92 Å². The van der Waals surface area contributed by atoms with E-state index in [0.29, 0.717) is 28.6 Å². The van der Waals surface area contributed by atoms with Crippen LogP contribution in [-0.4, -0.2) is 53.0 Å². The lowest BCUT2D eigenvalue weighted by Crippen LogP contribution is -2.44. The van der Waals surface area contributed by atoms with Crippen molar-refractivity contribution in [1.29, 1.82) is 0 Å². The predicted octanol–water partition coefficient (Wildman–Crippen LogP) is 3.91. The van der Waals surface area contributed by atoms with Gasteiger partial charge in [-0.1, -0.05) is 0 Å². The van der Waals surface area contributed by atoms with Gasteiger partial charge in [-0.05, 0) is 64.4 Å². The summed E-state index contributed by atoms with van der Waals surface area (Å²) >= 11 is 0. The summed E-state index contributed by atoms with van der Waals surface area (Å²) in [5, 5.41) is 14.4. The molecule has 1 aliphatic rings. The molecule has 1 fully saturated rings. The Balaban J connectivity index is 1.63. The molecule has 7 heteroatoms. The van der Waals surface area contributed by atoms with Crippen molar-refractivity contribution >= 4 is 28.8 Å². The molecule has 0 amide bonds. The van der Waals surface area contributed by atoms with E-state index in [9.17, 15) is 5.11 Å². The maximum atomic E-state index is 10.7. The molecule has 0 aliphatic carbocycles. The van der Waals surface area contributed by atoms with Crippen LogP contribution in [0.5, 0.6) is 5.75 Å². The van der Waals surface area contributed by atoms with E-state index in [0.717, 1.165) is 41.9 Å². The summed E-state index contributed by atoms with van der Waals surface area (Å²) in [6.45, 7) is 10.3. The fourth-order valence-electron chi connectivity index (χ4n) is 4.31. The molecule has 1 atom stereocenters. The predicted molar refractivity (Wildman–Crippen MR) is 133 cm³/mol. The standard InChI is InChI=1S/C25H32N6O/c1-15-23(26)16(13-27-5)12-18(24(15)32)19-6-7-21-20(28-19)8-9-22(29-21)31-11-10-17(14-31)30-25(2,3)4/h6-9,12-13,17,30,32H,10-11,14,26H2,1-5H3. The SMILES string of the molecule is CN=Cc1cc(-c2ccc3nc(N4CCC(NC(C)(C)C)C4)ccc3n2)c(O)c(C)c1N. The number of phenols is 1. The maximum Gasteiger partial charge on any atom is 0.129 e. The average Bonchev–Trinajstić information content (AvgIpc) is 3.20. The van der Waals surface area contributed by atoms with Crippen LogP contribution in [0.25, 0.3) is 22.3 Å². The first kappa shape index (κ1) is 22.0. The molecule has 32 heavy (non-hydrogen) atoms. The third kappa shape index (κ3) is 4.39. The Morgan fingerprint density at radius 2 is 1.91 bits per heavy atom. The monoisotopic (exact) mass is 432 g/mol. The zero-order valence-corrected chi connectivity index (χ0v) is 19.5. The lowest BCUT2D eigenvalue weighted by molar-refractivity contribution is 0.373. The van der Waals surface area contributed by atoms with Crippen molar-refractivity contribution in [3.63, 3.8) is 0 Å². The number of nitrogens with two attached hydrogens (primary N) is 1. The molecule has 168 valence electrons. The number of aromatic hydroxyl groups is 1. The van der Waals surface area contributed by atoms with Crippen molar-refractivity contribution in [1.82, 2.24) is 15.3 Å². The number of phenolic OH excluding ortho intramolecular Hbond substituents is 1. The second kappa shape index (κ2) is 8.39. The average molecular weight is 433 g/mol. The van der Waals surface area contributed by atoms with E-state index >= 15 is 0 Å². The number of pyridine rings is 2. The smallest absolute Gasteiger partial charge is 0.129 e. The number of hydrogen-bond donors (Lipinski definition) is 3. The quantitative estimate of drug-likeness (QED) is 0.427. The summed E-state index contributed by atoms with van der Waals surface area (Å²) in [6, 6.07) is 10.2. The Labute approximate surface area is 189 Å². The highest BCUT2D eigenvalue weighted by Gasteiger charge is 2.26. The van der Waals surface area contributed by atoms with Crippen LogP contribution in [0.2, 0.25) is 0 Å². The second-order valence-corrected chi connectivity index (χ2v) is 9.52. The van der Waals surface area contributed by atoms with Crippen LogP contribution in [0.4, 0.5) is 11.5 Å². The molecule has 1 unspecified atom stereocenters. The molecule has 0 bridgehead atoms. The summed E-state index contributed by atoms with van der Waals surface area (Å²) in [5.41, 5.74) is 11.1. The molecule has 1 aliphatic heterocycles. The number of aliphatic imine (C=N–C) groups is 1. The minimum atomic E-state index is 0.104. The Hall–Kier alpha value is -3.19. The van der Waals surface area contributed by atoms with Gasteiger partial charge in [0.05, 0.1) is 16.7 Å². The van der Waals surface area contributed by atoms with Crippen molar-refractivity contribution < 1.29 is 5.11 Å². The van der Waals surface area contributed by atoms with Gasteiger partial charge >= 0.3 is 0 Å². The van der Waals surface area contributed by atoms with Crippen molar-refractivity contribution in [2.75, 3.05) is 30.8 Å². The van der Waals surface area contributed by atoms with Crippen LogP contribution in [0.1, 0.15) is 38.3 Å². The van der Waals surface area contributed by atoms with E-state index in [1.54, 1.807) is 20.2 Å². The molecule has 2 aromatic heterocycles. The van der Waals surface area contributed by atoms with Gasteiger partial charge in [0.15, 0.2) is 0 Å². The molecule has 3 aromatic rings. The van der Waals surface area contributed by atoms with Crippen molar-refractivity contribution in [3.05, 3.63) is 41.5 Å². The van der Waals surface area contributed by atoms with E-state index in [2.05, 4.69) is 36.0 Å². The minimum Gasteiger partial charge on any atom is -0.507 e. The normalized spacial score (nSPS) is 17.0. The Bertz CT molecular complexity index is 1180. The van der Waals surface area contributed by atoms with Crippen molar-refractivity contribution in [2.24, 2.45) is 4.99 Å². The highest BCUT2D eigenvalue weighted by Crippen LogP contribution is 2.36. The summed E-state index contributed by atoms with van der Waals surface area (Å²) in [5.74, 6) is 1.11. The molecule has 4 N–H and O–H groups in total. The summed E-state index contributed by atoms with van der Waals surface area (Å²) in [4.78, 5) is 16.0. The zero-order valence-electron chi connectivity index (χ0n) is 19.5. The third-order valence-electron chi connectivity index (χ3n) is 5.85. The Morgan fingerprint density at radius 1 is 1.19 bits per heavy atom. The molecular weight excluding hydrogens is 400 g/mol. The van der Waals surface area contributed by atoms with Crippen LogP contribution in [0.3, 0.4) is 0 Å². The molecular formula is C25H32N6O. The number of aromatic nitrogens is 2. The number of benzene rings is 1. The molecule has 1 saturated heterocycles. The molecule has 1 aromatic carbocycles. The second-order valence-electron chi connectivity index (χ2n) is 9.52. The number of rotatable bonds is 4. The van der Waals surface area contributed by atoms with Gasteiger partial charge in [0.2, 0.25) is 0 Å². The van der Waals surface area contributed by atoms with Crippen molar-refractivity contribution in [2.45, 2.75) is 45.7 Å². The first-order valence-corrected chi connectivity index (χ1v) is 11.0. The van der Waals surface area contributed by atoms with Gasteiger partial charge < -0.3 is 21.1 Å². The van der Waals surface area contributed by atoms with Gasteiger partial charge in [-0.25, -0.2) is 9.97 Å². The first-order valence-electron chi connectivity index (χ1n) is 11.0. The van der Waals surface area contributed by atoms with Gasteiger partial charge in [0.1, 0.15) is 11.6 Å². The Kier molecular flexibility index (Phi) is 5.77. The number of hydrogen-bond acceptors (Lipinski definition) is 7. The Morgan fingerprint density at radius 3 is 2.62 bits per heavy atom. The molecule has 0 radical (unpaired) electrons. The van der Waals surface area contributed by atoms with Crippen LogP contribution in [-0.2, 0) is 0 Å². The van der Waals surface area contributed by atoms with E-state index in [1.807, 2.05) is 30.3 Å². The number of nitrogens with zero attached hydrogens (tertiary/aromatic N) is 4. The van der Waals surface area contributed by atoms with E-state index in [1.165, 1.54) is 0 Å². The highest BCUT2D eigenvalue weighted by molar-refractivity contribution is 5.93. The highest BCUT2D eigenvalue weighted by atomic mass is 16.3. The van der Waals surface area contributed by atoms with Crippen LogP contribution in [0.15, 0.2) is 35.3 Å². The minimum absolute atomic E-state index is 0.104. The summed E-state index contributed by atoms with van der Waals surface area (Å²) < 4.78 is 0. The lowest BCUT2D eigenvalue weighted by atomic mass is 10.00. The largest absolute Gasteiger partial charge is 0.507 e. The number of nitrogens with one attached hydrogen (secondary N) is 1. The first-order chi connectivity index (χ1) is 15.2. The van der Waals surface area contributed by atoms with E-state index in [4.69, 9.17) is 15.7 Å². The van der Waals surface area contributed by atoms with Crippen LogP contribution < -0.4 is 16.0 Å². The topological polar surface area (TPSA) is 99.7 Å². The number of nitrogen functional groups attached to an aromatic ring is 1.